The van der Waals surface area contributed by atoms with E-state index in [0.717, 1.165) is 4.90 Å². The molecule has 18 heteroatoms. The molecule has 0 unspecified atom stereocenters. The number of aromatic hydroxyl groups is 1. The fraction of sp³-hybridized carbons (Fsp3) is 0.250. The fourth-order valence-corrected chi connectivity index (χ4v) is 9.05. The lowest BCUT2D eigenvalue weighted by Crippen LogP contribution is -2.60. The van der Waals surface area contributed by atoms with E-state index in [1.54, 1.807) is 0 Å². The fourth-order valence-electron chi connectivity index (χ4n) is 7.75. The van der Waals surface area contributed by atoms with Crippen molar-refractivity contribution in [1.29, 1.82) is 0 Å². The maximum atomic E-state index is 15.2. The van der Waals surface area contributed by atoms with Gasteiger partial charge in [-0.25, -0.2) is 26.9 Å². The van der Waals surface area contributed by atoms with Crippen molar-refractivity contribution in [1.82, 2.24) is 0 Å². The van der Waals surface area contributed by atoms with E-state index in [4.69, 9.17) is 23.2 Å². The molecule has 0 bridgehead atoms. The lowest BCUT2D eigenvalue weighted by molar-refractivity contribution is -0.125. The summed E-state index contributed by atoms with van der Waals surface area (Å²) in [6.45, 7) is 0. The Labute approximate surface area is 297 Å². The molecule has 3 aromatic rings. The van der Waals surface area contributed by atoms with Crippen LogP contribution in [-0.4, -0.2) is 55.7 Å². The topological polar surface area (TPSA) is 135 Å². The average molecular weight is 800 g/mol. The van der Waals surface area contributed by atoms with Crippen molar-refractivity contribution >= 4 is 86.7 Å². The maximum Gasteiger partial charge on any atom is 0.488 e. The van der Waals surface area contributed by atoms with Crippen molar-refractivity contribution in [2.75, 3.05) is 9.80 Å². The third kappa shape index (κ3) is 4.44. The Kier molecular flexibility index (Phi) is 8.03. The number of fused-ring (bicyclic) bond motifs is 4. The minimum Gasteiger partial charge on any atom is -0.508 e. The Balaban J connectivity index is 1.43. The predicted octanol–water partition coefficient (Wildman–Crippen LogP) is 4.30. The van der Waals surface area contributed by atoms with Crippen LogP contribution in [0.15, 0.2) is 58.6 Å². The van der Waals surface area contributed by atoms with Crippen molar-refractivity contribution in [3.63, 3.8) is 0 Å². The summed E-state index contributed by atoms with van der Waals surface area (Å²) in [7, 11) is -1.94. The number of carbonyl (C=O) groups excluding carboxylic acids is 4. The second kappa shape index (κ2) is 11.6. The average Bonchev–Trinajstić information content (AvgIpc) is 3.42. The molecular weight excluding hydrogens is 781 g/mol. The Morgan fingerprint density at radius 3 is 2.10 bits per heavy atom. The lowest BCUT2D eigenvalue weighted by Gasteiger charge is -2.50. The quantitative estimate of drug-likeness (QED) is 0.0682. The highest BCUT2D eigenvalue weighted by Crippen LogP contribution is 2.67. The zero-order chi connectivity index (χ0) is 36.4. The number of allylic oxidation sites excluding steroid dienone is 2. The predicted molar refractivity (Wildman–Crippen MR) is 171 cm³/mol. The summed E-state index contributed by atoms with van der Waals surface area (Å²) in [5.74, 6) is -23.0. The van der Waals surface area contributed by atoms with Crippen LogP contribution < -0.4 is 15.3 Å². The number of hydrogen-bond acceptors (Lipinski definition) is 7. The summed E-state index contributed by atoms with van der Waals surface area (Å²) < 4.78 is 73.5. The van der Waals surface area contributed by atoms with Gasteiger partial charge in [-0.2, -0.15) is 0 Å². The molecule has 6 atom stereocenters. The van der Waals surface area contributed by atoms with Gasteiger partial charge in [0.2, 0.25) is 17.6 Å². The van der Waals surface area contributed by atoms with Crippen LogP contribution in [0.4, 0.5) is 33.3 Å². The van der Waals surface area contributed by atoms with Gasteiger partial charge in [-0.1, -0.05) is 39.7 Å². The number of amides is 4. The van der Waals surface area contributed by atoms with Gasteiger partial charge in [0.05, 0.1) is 17.5 Å². The molecule has 3 aromatic carbocycles. The van der Waals surface area contributed by atoms with Crippen molar-refractivity contribution in [2.45, 2.75) is 28.5 Å². The van der Waals surface area contributed by atoms with Crippen LogP contribution in [0.1, 0.15) is 24.3 Å². The molecule has 50 heavy (non-hydrogen) atoms. The minimum atomic E-state index is -2.80. The smallest absolute Gasteiger partial charge is 0.488 e. The Bertz CT molecular complexity index is 2100. The molecule has 0 radical (unpaired) electrons. The van der Waals surface area contributed by atoms with E-state index in [-0.39, 0.29) is 33.6 Å². The molecule has 3 N–H and O–H groups in total. The van der Waals surface area contributed by atoms with Crippen molar-refractivity contribution in [3.8, 4) is 5.75 Å². The first kappa shape index (κ1) is 34.6. The molecule has 2 heterocycles. The highest BCUT2D eigenvalue weighted by Gasteiger charge is 2.77. The number of imide groups is 2. The van der Waals surface area contributed by atoms with E-state index in [1.807, 2.05) is 0 Å². The number of carbonyl (C=O) groups is 4. The van der Waals surface area contributed by atoms with Crippen molar-refractivity contribution in [3.05, 3.63) is 93.2 Å². The lowest BCUT2D eigenvalue weighted by atomic mass is 9.56. The van der Waals surface area contributed by atoms with E-state index in [9.17, 15) is 47.5 Å². The number of anilines is 2. The van der Waals surface area contributed by atoms with Crippen LogP contribution >= 0.6 is 39.1 Å². The molecule has 3 fully saturated rings. The molecule has 0 spiro atoms. The second-order valence-electron chi connectivity index (χ2n) is 12.4. The Morgan fingerprint density at radius 1 is 0.820 bits per heavy atom. The van der Waals surface area contributed by atoms with E-state index < -0.39 is 111 Å². The van der Waals surface area contributed by atoms with Crippen LogP contribution in [0.3, 0.4) is 0 Å². The van der Waals surface area contributed by atoms with Crippen LogP contribution in [0, 0.1) is 46.8 Å². The van der Waals surface area contributed by atoms with Gasteiger partial charge in [0.1, 0.15) is 11.4 Å². The van der Waals surface area contributed by atoms with Gasteiger partial charge in [0.15, 0.2) is 33.0 Å². The molecule has 7 rings (SSSR count). The summed E-state index contributed by atoms with van der Waals surface area (Å²) in [6.07, 6.45) is 0.630. The molecule has 4 amide bonds. The number of phenols is 1. The third-order valence-electron chi connectivity index (χ3n) is 9.95. The summed E-state index contributed by atoms with van der Waals surface area (Å²) in [6, 6.07) is 9.25. The summed E-state index contributed by atoms with van der Waals surface area (Å²) in [4.78, 5) is 51.5. The molecule has 2 aliphatic heterocycles. The first-order chi connectivity index (χ1) is 23.5. The van der Waals surface area contributed by atoms with Gasteiger partial charge in [0, 0.05) is 16.0 Å². The van der Waals surface area contributed by atoms with Crippen LogP contribution in [0.25, 0.3) is 0 Å². The SMILES string of the molecule is O=C1[C@H]2[C@H](CC=C3[C@H]2C[C@@]2(Cl)C(=O)N(c4c(F)c(F)c(F)c(F)c4F)C(=O)[C@@]2(Cl)[C@H]3c2cc(Br)ccc2O)C(=O)N1c1cccc(B(O)O)c1. The number of benzene rings is 3. The highest BCUT2D eigenvalue weighted by molar-refractivity contribution is 9.10. The molecule has 2 aliphatic carbocycles. The van der Waals surface area contributed by atoms with Gasteiger partial charge in [-0.05, 0) is 54.6 Å². The number of halogens is 8. The standard InChI is InChI=1S/C32H19BBrCl2F5N2O7/c34-12-4-7-18(44)16(9-12)20-14-5-6-15-19(28(46)42(27(15)45)13-3-1-2-11(8-13)33(49)50)17(14)10-31(35)29(47)43(30(48)32(20,31)36)26-24(40)22(38)21(37)23(39)25(26)41/h1-5,7-9,15,17,19-20,44,49-50H,6,10H2/t15-,17+,19-,20+,31+,32-/m0/s1. The zero-order valence-corrected chi connectivity index (χ0v) is 27.9. The number of hydrogen-bond donors (Lipinski definition) is 3. The van der Waals surface area contributed by atoms with E-state index >= 15 is 8.78 Å². The minimum absolute atomic E-state index is 0.00423. The van der Waals surface area contributed by atoms with E-state index in [0.29, 0.717) is 4.47 Å². The number of alkyl halides is 2. The third-order valence-corrected chi connectivity index (χ3v) is 11.9. The summed E-state index contributed by atoms with van der Waals surface area (Å²) in [5, 5.41) is 30.4. The van der Waals surface area contributed by atoms with Crippen LogP contribution in [-0.2, 0) is 19.2 Å². The van der Waals surface area contributed by atoms with Crippen LogP contribution in [0.5, 0.6) is 5.75 Å². The molecule has 1 saturated carbocycles. The number of nitrogens with zero attached hydrogens (tertiary/aromatic N) is 2. The largest absolute Gasteiger partial charge is 0.508 e. The van der Waals surface area contributed by atoms with Gasteiger partial charge in [-0.15, -0.1) is 23.2 Å². The second-order valence-corrected chi connectivity index (χ2v) is 14.5. The van der Waals surface area contributed by atoms with E-state index in [2.05, 4.69) is 15.9 Å². The molecule has 4 aliphatic rings. The normalized spacial score (nSPS) is 28.9. The Morgan fingerprint density at radius 2 is 1.46 bits per heavy atom. The first-order valence-electron chi connectivity index (χ1n) is 14.8. The molecule has 0 aromatic heterocycles. The maximum absolute atomic E-state index is 15.2. The first-order valence-corrected chi connectivity index (χ1v) is 16.3. The van der Waals surface area contributed by atoms with Crippen molar-refractivity contribution < 1.29 is 56.3 Å². The van der Waals surface area contributed by atoms with Crippen LogP contribution in [0.2, 0.25) is 0 Å². The zero-order valence-electron chi connectivity index (χ0n) is 24.8. The molecular formula is C32H19BBrCl2F5N2O7. The molecule has 9 nitrogen and oxygen atoms in total. The van der Waals surface area contributed by atoms with Gasteiger partial charge >= 0.3 is 7.12 Å². The summed E-state index contributed by atoms with van der Waals surface area (Å²) >= 11 is 17.4. The molecule has 258 valence electrons. The van der Waals surface area contributed by atoms with Gasteiger partial charge in [0.25, 0.3) is 11.8 Å². The highest BCUT2D eigenvalue weighted by atomic mass is 79.9. The Hall–Kier alpha value is -3.83. The summed E-state index contributed by atoms with van der Waals surface area (Å²) in [5.41, 5.74) is -1.95. The van der Waals surface area contributed by atoms with Crippen molar-refractivity contribution in [2.24, 2.45) is 17.8 Å². The number of phenolic OH excluding ortho intramolecular Hbond substituents is 1. The molecule has 2 saturated heterocycles. The van der Waals surface area contributed by atoms with E-state index in [1.165, 1.54) is 48.5 Å². The van der Waals surface area contributed by atoms with Gasteiger partial charge < -0.3 is 15.2 Å². The monoisotopic (exact) mass is 798 g/mol. The van der Waals surface area contributed by atoms with Gasteiger partial charge in [-0.3, -0.25) is 24.1 Å². The number of rotatable bonds is 4.